The second-order valence-electron chi connectivity index (χ2n) is 8.16. The largest absolute Gasteiger partial charge is 0.388 e. The summed E-state index contributed by atoms with van der Waals surface area (Å²) in [7, 11) is 0. The van der Waals surface area contributed by atoms with Gasteiger partial charge >= 0.3 is 0 Å². The van der Waals surface area contributed by atoms with Crippen molar-refractivity contribution in [3.05, 3.63) is 71.1 Å². The number of aryl methyl sites for hydroxylation is 2. The van der Waals surface area contributed by atoms with Crippen LogP contribution >= 0.6 is 0 Å². The number of nitrogens with zero attached hydrogens (tertiary/aromatic N) is 3. The molecular formula is C24H25F2N3O3. The Kier molecular flexibility index (Phi) is 6.60. The van der Waals surface area contributed by atoms with E-state index in [-0.39, 0.29) is 30.0 Å². The van der Waals surface area contributed by atoms with Gasteiger partial charge in [0.2, 0.25) is 17.6 Å². The first-order chi connectivity index (χ1) is 15.4. The number of hydrogen-bond donors (Lipinski definition) is 1. The summed E-state index contributed by atoms with van der Waals surface area (Å²) in [6.45, 7) is 2.31. The molecule has 1 saturated heterocycles. The van der Waals surface area contributed by atoms with E-state index in [2.05, 4.69) is 10.1 Å². The van der Waals surface area contributed by atoms with Crippen molar-refractivity contribution in [3.8, 4) is 11.4 Å². The molecule has 1 aliphatic heterocycles. The minimum atomic E-state index is -0.758. The maximum atomic E-state index is 13.5. The molecule has 168 valence electrons. The maximum absolute atomic E-state index is 13.5. The SMILES string of the molecule is Cc1cc(-c2noc(CCC(=O)N3CCCC3CC(O)c3ccc(F)cc3)n2)ccc1F. The number of rotatable bonds is 7. The Balaban J connectivity index is 1.33. The van der Waals surface area contributed by atoms with E-state index in [1.54, 1.807) is 36.1 Å². The zero-order valence-corrected chi connectivity index (χ0v) is 17.8. The number of carbonyl (C=O) groups is 1. The van der Waals surface area contributed by atoms with Gasteiger partial charge in [-0.1, -0.05) is 17.3 Å². The lowest BCUT2D eigenvalue weighted by atomic mass is 10.0. The van der Waals surface area contributed by atoms with Crippen LogP contribution in [0.15, 0.2) is 47.0 Å². The second kappa shape index (κ2) is 9.56. The molecule has 0 bridgehead atoms. The molecule has 1 aromatic heterocycles. The van der Waals surface area contributed by atoms with Crippen LogP contribution in [-0.2, 0) is 11.2 Å². The van der Waals surface area contributed by atoms with Crippen LogP contribution in [0.3, 0.4) is 0 Å². The average Bonchev–Trinajstić information content (AvgIpc) is 3.44. The number of benzene rings is 2. The summed E-state index contributed by atoms with van der Waals surface area (Å²) in [5.41, 5.74) is 1.78. The molecule has 0 saturated carbocycles. The summed E-state index contributed by atoms with van der Waals surface area (Å²) in [6, 6.07) is 10.3. The molecule has 0 aliphatic carbocycles. The first-order valence-corrected chi connectivity index (χ1v) is 10.7. The number of aliphatic hydroxyl groups excluding tert-OH is 1. The molecule has 8 heteroatoms. The van der Waals surface area contributed by atoms with Gasteiger partial charge < -0.3 is 14.5 Å². The molecule has 4 rings (SSSR count). The van der Waals surface area contributed by atoms with Gasteiger partial charge in [0.25, 0.3) is 0 Å². The molecule has 1 fully saturated rings. The molecule has 32 heavy (non-hydrogen) atoms. The third-order valence-corrected chi connectivity index (χ3v) is 5.88. The zero-order valence-electron chi connectivity index (χ0n) is 17.8. The highest BCUT2D eigenvalue weighted by molar-refractivity contribution is 5.77. The summed E-state index contributed by atoms with van der Waals surface area (Å²) in [4.78, 5) is 18.9. The molecule has 6 nitrogen and oxygen atoms in total. The molecule has 0 radical (unpaired) electrons. The van der Waals surface area contributed by atoms with Gasteiger partial charge in [0.15, 0.2) is 0 Å². The molecule has 1 N–H and O–H groups in total. The van der Waals surface area contributed by atoms with E-state index in [0.29, 0.717) is 47.8 Å². The van der Waals surface area contributed by atoms with Crippen LogP contribution in [0, 0.1) is 18.6 Å². The van der Waals surface area contributed by atoms with Crippen molar-refractivity contribution < 1.29 is 23.2 Å². The van der Waals surface area contributed by atoms with Crippen molar-refractivity contribution in [1.29, 1.82) is 0 Å². The van der Waals surface area contributed by atoms with Gasteiger partial charge in [-0.15, -0.1) is 0 Å². The van der Waals surface area contributed by atoms with Gasteiger partial charge in [-0.25, -0.2) is 8.78 Å². The molecule has 2 heterocycles. The smallest absolute Gasteiger partial charge is 0.227 e. The highest BCUT2D eigenvalue weighted by Gasteiger charge is 2.30. The van der Waals surface area contributed by atoms with Crippen LogP contribution in [0.5, 0.6) is 0 Å². The third-order valence-electron chi connectivity index (χ3n) is 5.88. The molecule has 3 aromatic rings. The molecule has 2 aromatic carbocycles. The van der Waals surface area contributed by atoms with Crippen molar-refractivity contribution in [3.63, 3.8) is 0 Å². The highest BCUT2D eigenvalue weighted by atomic mass is 19.1. The summed E-state index contributed by atoms with van der Waals surface area (Å²) in [5.74, 6) is 0.0239. The van der Waals surface area contributed by atoms with E-state index in [0.717, 1.165) is 12.8 Å². The monoisotopic (exact) mass is 441 g/mol. The van der Waals surface area contributed by atoms with Crippen LogP contribution in [0.25, 0.3) is 11.4 Å². The predicted molar refractivity (Wildman–Crippen MR) is 113 cm³/mol. The number of carbonyl (C=O) groups excluding carboxylic acids is 1. The van der Waals surface area contributed by atoms with E-state index < -0.39 is 6.10 Å². The van der Waals surface area contributed by atoms with E-state index in [1.807, 2.05) is 0 Å². The minimum Gasteiger partial charge on any atom is -0.388 e. The van der Waals surface area contributed by atoms with Crippen LogP contribution in [0.4, 0.5) is 8.78 Å². The number of amides is 1. The van der Waals surface area contributed by atoms with E-state index >= 15 is 0 Å². The van der Waals surface area contributed by atoms with Crippen molar-refractivity contribution in [2.75, 3.05) is 6.54 Å². The predicted octanol–water partition coefficient (Wildman–Crippen LogP) is 4.37. The fourth-order valence-electron chi connectivity index (χ4n) is 4.10. The molecule has 1 amide bonds. The Morgan fingerprint density at radius 3 is 2.78 bits per heavy atom. The number of aliphatic hydroxyl groups is 1. The van der Waals surface area contributed by atoms with Crippen molar-refractivity contribution in [2.24, 2.45) is 0 Å². The van der Waals surface area contributed by atoms with Crippen LogP contribution in [-0.4, -0.2) is 38.6 Å². The fraction of sp³-hybridized carbons (Fsp3) is 0.375. The summed E-state index contributed by atoms with van der Waals surface area (Å²) >= 11 is 0. The Labute approximate surface area is 184 Å². The van der Waals surface area contributed by atoms with Crippen LogP contribution < -0.4 is 0 Å². The number of halogens is 2. The lowest BCUT2D eigenvalue weighted by Gasteiger charge is -2.26. The standard InChI is InChI=1S/C24H25F2N3O3/c1-15-13-17(6-9-20(15)26)24-27-22(32-28-24)10-11-23(31)29-12-2-3-19(29)14-21(30)16-4-7-18(25)8-5-16/h4-9,13,19,21,30H,2-3,10-12,14H2,1H3. The maximum Gasteiger partial charge on any atom is 0.227 e. The lowest BCUT2D eigenvalue weighted by Crippen LogP contribution is -2.36. The minimum absolute atomic E-state index is 0.0313. The zero-order chi connectivity index (χ0) is 22.7. The van der Waals surface area contributed by atoms with E-state index in [9.17, 15) is 18.7 Å². The first kappa shape index (κ1) is 22.1. The van der Waals surface area contributed by atoms with Gasteiger partial charge in [0.05, 0.1) is 6.10 Å². The Morgan fingerprint density at radius 2 is 2.03 bits per heavy atom. The molecule has 2 unspecified atom stereocenters. The van der Waals surface area contributed by atoms with E-state index in [4.69, 9.17) is 4.52 Å². The van der Waals surface area contributed by atoms with Crippen LogP contribution in [0.1, 0.15) is 48.8 Å². The number of aromatic nitrogens is 2. The lowest BCUT2D eigenvalue weighted by molar-refractivity contribution is -0.132. The quantitative estimate of drug-likeness (QED) is 0.589. The van der Waals surface area contributed by atoms with Gasteiger partial charge in [0, 0.05) is 31.0 Å². The first-order valence-electron chi connectivity index (χ1n) is 10.7. The van der Waals surface area contributed by atoms with E-state index in [1.165, 1.54) is 18.2 Å². The average molecular weight is 441 g/mol. The summed E-state index contributed by atoms with van der Waals surface area (Å²) in [6.07, 6.45) is 1.86. The topological polar surface area (TPSA) is 79.5 Å². The Morgan fingerprint density at radius 1 is 1.25 bits per heavy atom. The second-order valence-corrected chi connectivity index (χ2v) is 8.16. The third kappa shape index (κ3) is 5.02. The fourth-order valence-corrected chi connectivity index (χ4v) is 4.10. The van der Waals surface area contributed by atoms with Gasteiger partial charge in [0.1, 0.15) is 11.6 Å². The molecule has 1 aliphatic rings. The van der Waals surface area contributed by atoms with Crippen molar-refractivity contribution in [2.45, 2.75) is 51.2 Å². The molecular weight excluding hydrogens is 416 g/mol. The van der Waals surface area contributed by atoms with Crippen molar-refractivity contribution >= 4 is 5.91 Å². The summed E-state index contributed by atoms with van der Waals surface area (Å²) in [5, 5.41) is 14.4. The Bertz CT molecular complexity index is 1080. The Hall–Kier alpha value is -3.13. The highest BCUT2D eigenvalue weighted by Crippen LogP contribution is 2.28. The number of hydrogen-bond acceptors (Lipinski definition) is 5. The van der Waals surface area contributed by atoms with Gasteiger partial charge in [-0.05, 0) is 67.6 Å². The van der Waals surface area contributed by atoms with Gasteiger partial charge in [-0.2, -0.15) is 4.98 Å². The molecule has 2 atom stereocenters. The van der Waals surface area contributed by atoms with Crippen molar-refractivity contribution in [1.82, 2.24) is 15.0 Å². The van der Waals surface area contributed by atoms with Crippen LogP contribution in [0.2, 0.25) is 0 Å². The molecule has 0 spiro atoms. The number of likely N-dealkylation sites (tertiary alicyclic amines) is 1. The normalized spacial score (nSPS) is 17.0. The summed E-state index contributed by atoms with van der Waals surface area (Å²) < 4.78 is 31.8. The van der Waals surface area contributed by atoms with Gasteiger partial charge in [-0.3, -0.25) is 4.79 Å².